The molecule has 0 heterocycles. The molecule has 4 nitrogen and oxygen atoms in total. The minimum Gasteiger partial charge on any atom is -0.465 e. The van der Waals surface area contributed by atoms with Gasteiger partial charge in [-0.1, -0.05) is 18.2 Å². The van der Waals surface area contributed by atoms with Gasteiger partial charge in [0.15, 0.2) is 0 Å². The number of esters is 2. The SMILES string of the molecule is COC(=O)c1ccccc1OC(=O)c1cccc(I)c1. The molecule has 0 radical (unpaired) electrons. The van der Waals surface area contributed by atoms with Crippen molar-refractivity contribution in [3.8, 4) is 5.75 Å². The molecule has 0 aromatic heterocycles. The molecule has 0 saturated carbocycles. The van der Waals surface area contributed by atoms with E-state index in [0.717, 1.165) is 3.57 Å². The molecule has 0 unspecified atom stereocenters. The maximum atomic E-state index is 12.1. The lowest BCUT2D eigenvalue weighted by atomic mass is 10.2. The fourth-order valence-electron chi connectivity index (χ4n) is 1.61. The average molecular weight is 382 g/mol. The fraction of sp³-hybridized carbons (Fsp3) is 0.0667. The van der Waals surface area contributed by atoms with Crippen molar-refractivity contribution in [3.05, 3.63) is 63.2 Å². The van der Waals surface area contributed by atoms with E-state index in [9.17, 15) is 9.59 Å². The molecule has 0 saturated heterocycles. The Kier molecular flexibility index (Phi) is 4.73. The van der Waals surface area contributed by atoms with Crippen LogP contribution in [0.1, 0.15) is 20.7 Å². The molecule has 2 aromatic rings. The molecule has 2 rings (SSSR count). The molecule has 0 atom stereocenters. The molecule has 0 aliphatic heterocycles. The van der Waals surface area contributed by atoms with E-state index in [4.69, 9.17) is 4.74 Å². The summed E-state index contributed by atoms with van der Waals surface area (Å²) in [6.07, 6.45) is 0. The summed E-state index contributed by atoms with van der Waals surface area (Å²) in [4.78, 5) is 23.6. The number of hydrogen-bond acceptors (Lipinski definition) is 4. The first kappa shape index (κ1) is 14.5. The van der Waals surface area contributed by atoms with Gasteiger partial charge in [0.2, 0.25) is 0 Å². The largest absolute Gasteiger partial charge is 0.465 e. The number of para-hydroxylation sites is 1. The van der Waals surface area contributed by atoms with Gasteiger partial charge in [-0.25, -0.2) is 9.59 Å². The van der Waals surface area contributed by atoms with Gasteiger partial charge in [0.1, 0.15) is 11.3 Å². The number of ether oxygens (including phenoxy) is 2. The molecule has 0 aliphatic carbocycles. The number of hydrogen-bond donors (Lipinski definition) is 0. The van der Waals surface area contributed by atoms with Gasteiger partial charge in [0.25, 0.3) is 0 Å². The number of methoxy groups -OCH3 is 1. The van der Waals surface area contributed by atoms with Gasteiger partial charge in [0, 0.05) is 3.57 Å². The van der Waals surface area contributed by atoms with Crippen molar-refractivity contribution in [2.75, 3.05) is 7.11 Å². The van der Waals surface area contributed by atoms with Crippen LogP contribution < -0.4 is 4.74 Å². The van der Waals surface area contributed by atoms with Gasteiger partial charge < -0.3 is 9.47 Å². The van der Waals surface area contributed by atoms with Crippen molar-refractivity contribution in [1.29, 1.82) is 0 Å². The summed E-state index contributed by atoms with van der Waals surface area (Å²) >= 11 is 2.11. The zero-order valence-electron chi connectivity index (χ0n) is 10.6. The third-order valence-electron chi connectivity index (χ3n) is 2.56. The van der Waals surface area contributed by atoms with Crippen LogP contribution in [-0.4, -0.2) is 19.0 Å². The second kappa shape index (κ2) is 6.51. The summed E-state index contributed by atoms with van der Waals surface area (Å²) in [7, 11) is 1.28. The predicted octanol–water partition coefficient (Wildman–Crippen LogP) is 3.30. The van der Waals surface area contributed by atoms with E-state index in [0.29, 0.717) is 5.56 Å². The Morgan fingerprint density at radius 3 is 2.45 bits per heavy atom. The fourth-order valence-corrected chi connectivity index (χ4v) is 2.15. The third-order valence-corrected chi connectivity index (χ3v) is 3.23. The Balaban J connectivity index is 2.26. The number of benzene rings is 2. The Morgan fingerprint density at radius 2 is 1.75 bits per heavy atom. The molecular formula is C15H11IO4. The zero-order chi connectivity index (χ0) is 14.5. The van der Waals surface area contributed by atoms with E-state index in [-0.39, 0.29) is 11.3 Å². The molecule has 0 aliphatic rings. The summed E-state index contributed by atoms with van der Waals surface area (Å²) in [5.74, 6) is -0.876. The molecule has 0 spiro atoms. The quantitative estimate of drug-likeness (QED) is 0.465. The van der Waals surface area contributed by atoms with E-state index in [1.165, 1.54) is 7.11 Å². The predicted molar refractivity (Wildman–Crippen MR) is 81.9 cm³/mol. The van der Waals surface area contributed by atoms with Crippen LogP contribution in [0.2, 0.25) is 0 Å². The summed E-state index contributed by atoms with van der Waals surface area (Å²) in [5.41, 5.74) is 0.644. The van der Waals surface area contributed by atoms with Crippen LogP contribution in [0.25, 0.3) is 0 Å². The normalized spacial score (nSPS) is 9.90. The number of rotatable bonds is 3. The summed E-state index contributed by atoms with van der Waals surface area (Å²) in [6.45, 7) is 0. The van der Waals surface area contributed by atoms with E-state index in [2.05, 4.69) is 27.3 Å². The zero-order valence-corrected chi connectivity index (χ0v) is 12.8. The second-order valence-electron chi connectivity index (χ2n) is 3.89. The van der Waals surface area contributed by atoms with Crippen molar-refractivity contribution in [1.82, 2.24) is 0 Å². The van der Waals surface area contributed by atoms with Crippen molar-refractivity contribution >= 4 is 34.5 Å². The van der Waals surface area contributed by atoms with Crippen molar-refractivity contribution < 1.29 is 19.1 Å². The lowest BCUT2D eigenvalue weighted by Crippen LogP contribution is -2.12. The number of carbonyl (C=O) groups excluding carboxylic acids is 2. The van der Waals surface area contributed by atoms with Crippen LogP contribution in [0.3, 0.4) is 0 Å². The highest BCUT2D eigenvalue weighted by Crippen LogP contribution is 2.20. The first-order valence-corrected chi connectivity index (χ1v) is 6.85. The lowest BCUT2D eigenvalue weighted by molar-refractivity contribution is 0.0593. The summed E-state index contributed by atoms with van der Waals surface area (Å²) < 4.78 is 10.8. The highest BCUT2D eigenvalue weighted by Gasteiger charge is 2.16. The number of halogens is 1. The Hall–Kier alpha value is -1.89. The highest BCUT2D eigenvalue weighted by atomic mass is 127. The smallest absolute Gasteiger partial charge is 0.343 e. The van der Waals surface area contributed by atoms with Crippen molar-refractivity contribution in [2.45, 2.75) is 0 Å². The molecule has 0 amide bonds. The Labute approximate surface area is 129 Å². The minimum atomic E-state index is -0.545. The van der Waals surface area contributed by atoms with Crippen LogP contribution in [0, 0.1) is 3.57 Å². The minimum absolute atomic E-state index is 0.184. The van der Waals surface area contributed by atoms with Gasteiger partial charge in [-0.05, 0) is 52.9 Å². The number of carbonyl (C=O) groups is 2. The van der Waals surface area contributed by atoms with Crippen LogP contribution in [-0.2, 0) is 4.74 Å². The summed E-state index contributed by atoms with van der Waals surface area (Å²) in [6, 6.07) is 13.5. The maximum Gasteiger partial charge on any atom is 0.343 e. The first-order chi connectivity index (χ1) is 9.61. The maximum absolute atomic E-state index is 12.1. The van der Waals surface area contributed by atoms with Gasteiger partial charge in [-0.3, -0.25) is 0 Å². The van der Waals surface area contributed by atoms with E-state index in [1.54, 1.807) is 42.5 Å². The molecule has 0 N–H and O–H groups in total. The van der Waals surface area contributed by atoms with Gasteiger partial charge >= 0.3 is 11.9 Å². The first-order valence-electron chi connectivity index (χ1n) is 5.77. The second-order valence-corrected chi connectivity index (χ2v) is 5.13. The molecule has 5 heteroatoms. The molecule has 2 aromatic carbocycles. The lowest BCUT2D eigenvalue weighted by Gasteiger charge is -2.08. The molecule has 0 fully saturated rings. The Bertz CT molecular complexity index is 652. The van der Waals surface area contributed by atoms with Gasteiger partial charge in [-0.15, -0.1) is 0 Å². The molecule has 20 heavy (non-hydrogen) atoms. The molecular weight excluding hydrogens is 371 g/mol. The van der Waals surface area contributed by atoms with Crippen LogP contribution in [0.15, 0.2) is 48.5 Å². The standard InChI is InChI=1S/C15H11IO4/c1-19-15(18)12-7-2-3-8-13(12)20-14(17)10-5-4-6-11(16)9-10/h2-9H,1H3. The van der Waals surface area contributed by atoms with Gasteiger partial charge in [-0.2, -0.15) is 0 Å². The van der Waals surface area contributed by atoms with Crippen LogP contribution in [0.4, 0.5) is 0 Å². The van der Waals surface area contributed by atoms with Crippen LogP contribution >= 0.6 is 22.6 Å². The molecule has 102 valence electrons. The van der Waals surface area contributed by atoms with Crippen LogP contribution in [0.5, 0.6) is 5.75 Å². The average Bonchev–Trinajstić information content (AvgIpc) is 2.47. The van der Waals surface area contributed by atoms with Crippen molar-refractivity contribution in [2.24, 2.45) is 0 Å². The van der Waals surface area contributed by atoms with Gasteiger partial charge in [0.05, 0.1) is 12.7 Å². The Morgan fingerprint density at radius 1 is 1.00 bits per heavy atom. The molecule has 0 bridgehead atoms. The van der Waals surface area contributed by atoms with E-state index < -0.39 is 11.9 Å². The van der Waals surface area contributed by atoms with Crippen molar-refractivity contribution in [3.63, 3.8) is 0 Å². The monoisotopic (exact) mass is 382 g/mol. The van der Waals surface area contributed by atoms with E-state index >= 15 is 0 Å². The van der Waals surface area contributed by atoms with E-state index in [1.807, 2.05) is 6.07 Å². The topological polar surface area (TPSA) is 52.6 Å². The highest BCUT2D eigenvalue weighted by molar-refractivity contribution is 14.1. The third kappa shape index (κ3) is 3.36. The summed E-state index contributed by atoms with van der Waals surface area (Å²) in [5, 5.41) is 0.